The molecule has 0 saturated heterocycles. The first kappa shape index (κ1) is 18.7. The monoisotopic (exact) mass is 315 g/mol. The van der Waals surface area contributed by atoms with Crippen molar-refractivity contribution in [2.45, 2.75) is 71.8 Å². The lowest BCUT2D eigenvalue weighted by Gasteiger charge is -2.42. The number of rotatable bonds is 4. The Balaban J connectivity index is 5.44. The summed E-state index contributed by atoms with van der Waals surface area (Å²) in [5.74, 6) is 0. The maximum Gasteiger partial charge on any atom is 0.303 e. The molecule has 0 aromatic carbocycles. The number of hydrogen-bond donors (Lipinski definition) is 1. The van der Waals surface area contributed by atoms with Crippen molar-refractivity contribution in [3.05, 3.63) is 0 Å². The van der Waals surface area contributed by atoms with E-state index in [9.17, 15) is 8.42 Å². The normalized spacial score (nSPS) is 15.2. The summed E-state index contributed by atoms with van der Waals surface area (Å²) in [7, 11) is -3.53. The van der Waals surface area contributed by atoms with Gasteiger partial charge in [0.05, 0.1) is 22.9 Å². The second-order valence-electron chi connectivity index (χ2n) is 6.94. The van der Waals surface area contributed by atoms with E-state index < -0.39 is 16.6 Å². The first-order chi connectivity index (χ1) is 7.62. The van der Waals surface area contributed by atoms with E-state index in [1.165, 1.54) is 0 Å². The summed E-state index contributed by atoms with van der Waals surface area (Å²) in [6.45, 7) is 13.8. The maximum absolute atomic E-state index is 12.1. The van der Waals surface area contributed by atoms with Gasteiger partial charge >= 0.3 is 10.1 Å². The van der Waals surface area contributed by atoms with E-state index in [1.807, 2.05) is 0 Å². The topological polar surface area (TPSA) is 43.4 Å². The smallest absolute Gasteiger partial charge is 0.265 e. The summed E-state index contributed by atoms with van der Waals surface area (Å²) in [6, 6.07) is 0. The molecular weight excluding hydrogens is 287 g/mol. The Kier molecular flexibility index (Phi) is 5.80. The molecule has 0 fully saturated rings. The van der Waals surface area contributed by atoms with Crippen molar-refractivity contribution in [1.29, 1.82) is 0 Å². The molecule has 110 valence electrons. The summed E-state index contributed by atoms with van der Waals surface area (Å²) in [5, 5.41) is -0.302. The van der Waals surface area contributed by atoms with E-state index in [0.29, 0.717) is 0 Å². The Morgan fingerprint density at radius 3 is 1.61 bits per heavy atom. The quantitative estimate of drug-likeness (QED) is 0.481. The van der Waals surface area contributed by atoms with Crippen LogP contribution in [0.15, 0.2) is 0 Å². The Morgan fingerprint density at radius 2 is 1.39 bits per heavy atom. The zero-order valence-electron chi connectivity index (χ0n) is 12.8. The summed E-state index contributed by atoms with van der Waals surface area (Å²) in [5.41, 5.74) is 0.0221. The average molecular weight is 315 g/mol. The number of hydrogen-bond acceptors (Lipinski definition) is 4. The van der Waals surface area contributed by atoms with Crippen molar-refractivity contribution in [3.63, 3.8) is 0 Å². The van der Waals surface area contributed by atoms with Crippen molar-refractivity contribution in [3.8, 4) is 0 Å². The SMILES string of the molecule is CC(C)OS(=O)(=O)C[P+](S)(C(C)(C)C)C(C)(C)C. The molecule has 0 radical (unpaired) electrons. The van der Waals surface area contributed by atoms with Crippen LogP contribution in [0.5, 0.6) is 0 Å². The Labute approximate surface area is 119 Å². The molecular formula is C12H28O3PS2+. The van der Waals surface area contributed by atoms with E-state index in [-0.39, 0.29) is 21.9 Å². The van der Waals surface area contributed by atoms with Gasteiger partial charge in [0.1, 0.15) is 0 Å². The van der Waals surface area contributed by atoms with Crippen LogP contribution >= 0.6 is 18.7 Å². The number of thiol groups is 1. The van der Waals surface area contributed by atoms with Crippen LogP contribution in [0.3, 0.4) is 0 Å². The molecule has 0 atom stereocenters. The standard InChI is InChI=1S/C12H28O3PS2/c1-10(2)15-18(13,14)9-16(17,11(3,4)5)12(6,7)8/h10,17H,9H2,1-8H3/q+1. The van der Waals surface area contributed by atoms with Crippen LogP contribution in [0.1, 0.15) is 55.4 Å². The fourth-order valence-electron chi connectivity index (χ4n) is 1.95. The molecule has 0 spiro atoms. The molecule has 0 heterocycles. The fourth-order valence-corrected chi connectivity index (χ4v) is 11.0. The molecule has 0 saturated carbocycles. The molecule has 0 aliphatic carbocycles. The van der Waals surface area contributed by atoms with Crippen molar-refractivity contribution in [1.82, 2.24) is 0 Å². The molecule has 0 aromatic heterocycles. The minimum Gasteiger partial charge on any atom is -0.265 e. The van der Waals surface area contributed by atoms with Gasteiger partial charge in [-0.1, -0.05) is 0 Å². The van der Waals surface area contributed by atoms with E-state index in [2.05, 4.69) is 41.5 Å². The third kappa shape index (κ3) is 4.66. The molecule has 3 nitrogen and oxygen atoms in total. The van der Waals surface area contributed by atoms with Crippen LogP contribution in [0.2, 0.25) is 0 Å². The Bertz CT molecular complexity index is 361. The maximum atomic E-state index is 12.1. The van der Waals surface area contributed by atoms with Crippen molar-refractivity contribution in [2.24, 2.45) is 0 Å². The zero-order valence-corrected chi connectivity index (χ0v) is 15.4. The largest absolute Gasteiger partial charge is 0.303 e. The van der Waals surface area contributed by atoms with Crippen molar-refractivity contribution in [2.75, 3.05) is 5.49 Å². The molecule has 18 heavy (non-hydrogen) atoms. The van der Waals surface area contributed by atoms with Gasteiger partial charge in [-0.25, -0.2) is 0 Å². The molecule has 0 rings (SSSR count). The van der Waals surface area contributed by atoms with E-state index in [0.717, 1.165) is 0 Å². The van der Waals surface area contributed by atoms with Crippen LogP contribution < -0.4 is 0 Å². The van der Waals surface area contributed by atoms with Crippen molar-refractivity contribution >= 4 is 28.8 Å². The van der Waals surface area contributed by atoms with Crippen molar-refractivity contribution < 1.29 is 12.6 Å². The highest BCUT2D eigenvalue weighted by Gasteiger charge is 2.58. The van der Waals surface area contributed by atoms with Gasteiger partial charge in [-0.3, -0.25) is 4.18 Å². The third-order valence-electron chi connectivity index (χ3n) is 2.90. The lowest BCUT2D eigenvalue weighted by molar-refractivity contribution is 0.251. The minimum atomic E-state index is -3.53. The first-order valence-electron chi connectivity index (χ1n) is 6.14. The molecule has 0 unspecified atom stereocenters. The van der Waals surface area contributed by atoms with Gasteiger partial charge in [-0.05, 0) is 55.4 Å². The molecule has 0 aromatic rings. The molecule has 0 aliphatic heterocycles. The van der Waals surface area contributed by atoms with Gasteiger partial charge in [0.15, 0.2) is 5.49 Å². The van der Waals surface area contributed by atoms with Gasteiger partial charge in [-0.15, -0.1) is 0 Å². The lowest BCUT2D eigenvalue weighted by atomic mass is 10.2. The zero-order chi connectivity index (χ0) is 15.0. The lowest BCUT2D eigenvalue weighted by Crippen LogP contribution is -2.35. The van der Waals surface area contributed by atoms with Crippen LogP contribution in [0.25, 0.3) is 0 Å². The molecule has 0 amide bonds. The van der Waals surface area contributed by atoms with E-state index in [4.69, 9.17) is 16.4 Å². The summed E-state index contributed by atoms with van der Waals surface area (Å²) in [4.78, 5) is 0. The summed E-state index contributed by atoms with van der Waals surface area (Å²) >= 11 is 4.85. The Hall–Kier alpha value is 0.690. The van der Waals surface area contributed by atoms with Crippen LogP contribution in [-0.4, -0.2) is 30.3 Å². The van der Waals surface area contributed by atoms with Gasteiger partial charge in [0.25, 0.3) is 0 Å². The highest BCUT2D eigenvalue weighted by molar-refractivity contribution is 8.55. The van der Waals surface area contributed by atoms with Gasteiger partial charge in [0, 0.05) is 12.2 Å². The summed E-state index contributed by atoms with van der Waals surface area (Å²) < 4.78 is 29.3. The van der Waals surface area contributed by atoms with E-state index >= 15 is 0 Å². The second-order valence-corrected chi connectivity index (χ2v) is 15.6. The predicted molar refractivity (Wildman–Crippen MR) is 85.4 cm³/mol. The van der Waals surface area contributed by atoms with Gasteiger partial charge < -0.3 is 0 Å². The first-order valence-corrected chi connectivity index (χ1v) is 10.8. The van der Waals surface area contributed by atoms with E-state index in [1.54, 1.807) is 13.8 Å². The Morgan fingerprint density at radius 1 is 1.06 bits per heavy atom. The van der Waals surface area contributed by atoms with Crippen LogP contribution in [0, 0.1) is 0 Å². The highest BCUT2D eigenvalue weighted by Crippen LogP contribution is 2.80. The molecule has 0 N–H and O–H groups in total. The van der Waals surface area contributed by atoms with Gasteiger partial charge in [-0.2, -0.15) is 8.42 Å². The predicted octanol–water partition coefficient (Wildman–Crippen LogP) is 4.16. The highest BCUT2D eigenvalue weighted by atomic mass is 32.7. The van der Waals surface area contributed by atoms with Gasteiger partial charge in [0.2, 0.25) is 0 Å². The molecule has 0 bridgehead atoms. The summed E-state index contributed by atoms with van der Waals surface area (Å²) in [6.07, 6.45) is -0.322. The molecule has 0 aliphatic rings. The van der Waals surface area contributed by atoms with Crippen LogP contribution in [-0.2, 0) is 14.3 Å². The average Bonchev–Trinajstić information content (AvgIpc) is 1.94. The van der Waals surface area contributed by atoms with Crippen LogP contribution in [0.4, 0.5) is 0 Å². The molecule has 6 heteroatoms. The second kappa shape index (κ2) is 5.59. The minimum absolute atomic E-state index is 0.0221. The fraction of sp³-hybridized carbons (Fsp3) is 1.00. The third-order valence-corrected chi connectivity index (χ3v) is 15.4.